The standard InChI is InChI=1S/C44H29N3/c1-4-15-30(16-5-1)34-28-39(31-17-6-2-7-18-31)45-40(29-34)33-21-14-22-35(27-33)47-41-26-13-11-24-37(41)42-36-23-10-12-25-38(36)46-43(44(42)47)32-19-8-3-9-20-32/h1-29H. The summed E-state index contributed by atoms with van der Waals surface area (Å²) in [6.45, 7) is 0. The largest absolute Gasteiger partial charge is 0.307 e. The topological polar surface area (TPSA) is 30.7 Å². The number of rotatable bonds is 5. The molecule has 0 fully saturated rings. The molecule has 3 heterocycles. The van der Waals surface area contributed by atoms with Crippen molar-refractivity contribution in [3.63, 3.8) is 0 Å². The lowest BCUT2D eigenvalue weighted by atomic mass is 10.00. The lowest BCUT2D eigenvalue weighted by Gasteiger charge is -2.14. The second kappa shape index (κ2) is 11.2. The van der Waals surface area contributed by atoms with Crippen molar-refractivity contribution < 1.29 is 0 Å². The maximum absolute atomic E-state index is 5.29. The molecule has 0 spiro atoms. The van der Waals surface area contributed by atoms with Crippen LogP contribution < -0.4 is 0 Å². The Bertz CT molecular complexity index is 2490. The molecule has 0 N–H and O–H groups in total. The Morgan fingerprint density at radius 1 is 0.383 bits per heavy atom. The van der Waals surface area contributed by atoms with Crippen molar-refractivity contribution in [2.24, 2.45) is 0 Å². The molecule has 3 nitrogen and oxygen atoms in total. The second-order valence-electron chi connectivity index (χ2n) is 11.8. The van der Waals surface area contributed by atoms with Crippen molar-refractivity contribution in [2.75, 3.05) is 0 Å². The van der Waals surface area contributed by atoms with Gasteiger partial charge in [0.05, 0.1) is 33.6 Å². The first-order chi connectivity index (χ1) is 23.3. The van der Waals surface area contributed by atoms with E-state index in [4.69, 9.17) is 9.97 Å². The number of hydrogen-bond donors (Lipinski definition) is 0. The molecule has 0 unspecified atom stereocenters. The van der Waals surface area contributed by atoms with E-state index >= 15 is 0 Å². The molecule has 3 aromatic heterocycles. The fourth-order valence-corrected chi connectivity index (χ4v) is 6.80. The summed E-state index contributed by atoms with van der Waals surface area (Å²) in [5, 5.41) is 3.57. The van der Waals surface area contributed by atoms with Crippen LogP contribution in [0.15, 0.2) is 176 Å². The molecule has 6 aromatic carbocycles. The van der Waals surface area contributed by atoms with Crippen molar-refractivity contribution in [1.82, 2.24) is 14.5 Å². The minimum absolute atomic E-state index is 0.930. The first-order valence-corrected chi connectivity index (χ1v) is 15.9. The van der Waals surface area contributed by atoms with Gasteiger partial charge in [-0.1, -0.05) is 140 Å². The average Bonchev–Trinajstić information content (AvgIpc) is 3.51. The average molecular weight is 600 g/mol. The van der Waals surface area contributed by atoms with E-state index in [-0.39, 0.29) is 0 Å². The van der Waals surface area contributed by atoms with Gasteiger partial charge in [0.1, 0.15) is 0 Å². The molecule has 47 heavy (non-hydrogen) atoms. The SMILES string of the molecule is c1ccc(-c2cc(-c3ccccc3)nc(-c3cccc(-n4c5ccccc5c5c6ccccc6nc(-c6ccccc6)c54)c3)c2)cc1. The van der Waals surface area contributed by atoms with Gasteiger partial charge in [0.25, 0.3) is 0 Å². The molecule has 9 aromatic rings. The van der Waals surface area contributed by atoms with Crippen molar-refractivity contribution >= 4 is 32.7 Å². The first-order valence-electron chi connectivity index (χ1n) is 15.9. The summed E-state index contributed by atoms with van der Waals surface area (Å²) in [5.74, 6) is 0. The van der Waals surface area contributed by atoms with E-state index in [0.29, 0.717) is 0 Å². The number of hydrogen-bond acceptors (Lipinski definition) is 2. The number of nitrogens with zero attached hydrogens (tertiary/aromatic N) is 3. The Balaban J connectivity index is 1.32. The van der Waals surface area contributed by atoms with Gasteiger partial charge < -0.3 is 4.57 Å². The van der Waals surface area contributed by atoms with Crippen LogP contribution in [0, 0.1) is 0 Å². The van der Waals surface area contributed by atoms with E-state index in [1.807, 2.05) is 6.07 Å². The lowest BCUT2D eigenvalue weighted by Crippen LogP contribution is -1.98. The number of pyridine rings is 2. The Morgan fingerprint density at radius 2 is 0.957 bits per heavy atom. The van der Waals surface area contributed by atoms with Gasteiger partial charge in [-0.05, 0) is 47.5 Å². The van der Waals surface area contributed by atoms with Crippen molar-refractivity contribution in [3.05, 3.63) is 176 Å². The Hall–Kier alpha value is -6.32. The predicted molar refractivity (Wildman–Crippen MR) is 196 cm³/mol. The molecular weight excluding hydrogens is 571 g/mol. The Morgan fingerprint density at radius 3 is 1.70 bits per heavy atom. The van der Waals surface area contributed by atoms with Crippen LogP contribution in [0.1, 0.15) is 0 Å². The number of benzene rings is 6. The van der Waals surface area contributed by atoms with E-state index in [9.17, 15) is 0 Å². The minimum atomic E-state index is 0.930. The third-order valence-electron chi connectivity index (χ3n) is 8.95. The quantitative estimate of drug-likeness (QED) is 0.197. The van der Waals surface area contributed by atoms with Gasteiger partial charge in [-0.3, -0.25) is 0 Å². The molecule has 0 amide bonds. The van der Waals surface area contributed by atoms with E-state index in [1.54, 1.807) is 0 Å². The van der Waals surface area contributed by atoms with Gasteiger partial charge in [0.2, 0.25) is 0 Å². The number of aromatic nitrogens is 3. The Kier molecular flexibility index (Phi) is 6.46. The molecule has 0 aliphatic carbocycles. The fraction of sp³-hybridized carbons (Fsp3) is 0. The molecule has 220 valence electrons. The number of fused-ring (bicyclic) bond motifs is 5. The van der Waals surface area contributed by atoms with Crippen molar-refractivity contribution in [2.45, 2.75) is 0 Å². The molecule has 0 radical (unpaired) electrons. The number of para-hydroxylation sites is 2. The van der Waals surface area contributed by atoms with E-state index in [1.165, 1.54) is 10.8 Å². The van der Waals surface area contributed by atoms with Gasteiger partial charge in [-0.15, -0.1) is 0 Å². The molecule has 9 rings (SSSR count). The summed E-state index contributed by atoms with van der Waals surface area (Å²) in [6, 6.07) is 61.8. The maximum atomic E-state index is 5.29. The van der Waals surface area contributed by atoms with Gasteiger partial charge in [-0.25, -0.2) is 9.97 Å². The zero-order valence-electron chi connectivity index (χ0n) is 25.6. The van der Waals surface area contributed by atoms with E-state index < -0.39 is 0 Å². The summed E-state index contributed by atoms with van der Waals surface area (Å²) < 4.78 is 2.38. The third kappa shape index (κ3) is 4.68. The summed E-state index contributed by atoms with van der Waals surface area (Å²) in [4.78, 5) is 10.5. The highest BCUT2D eigenvalue weighted by atomic mass is 15.0. The van der Waals surface area contributed by atoms with Gasteiger partial charge in [0, 0.05) is 38.5 Å². The van der Waals surface area contributed by atoms with Crippen LogP contribution >= 0.6 is 0 Å². The highest BCUT2D eigenvalue weighted by molar-refractivity contribution is 6.23. The zero-order valence-corrected chi connectivity index (χ0v) is 25.6. The maximum Gasteiger partial charge on any atom is 0.0956 e. The second-order valence-corrected chi connectivity index (χ2v) is 11.8. The smallest absolute Gasteiger partial charge is 0.0956 e. The Labute approximate surface area is 273 Å². The highest BCUT2D eigenvalue weighted by Crippen LogP contribution is 2.41. The van der Waals surface area contributed by atoms with Crippen LogP contribution in [0.3, 0.4) is 0 Å². The monoisotopic (exact) mass is 599 g/mol. The summed E-state index contributed by atoms with van der Waals surface area (Å²) in [5.41, 5.74) is 12.7. The minimum Gasteiger partial charge on any atom is -0.307 e. The molecule has 0 saturated carbocycles. The first kappa shape index (κ1) is 27.0. The van der Waals surface area contributed by atoms with Crippen LogP contribution in [0.4, 0.5) is 0 Å². The van der Waals surface area contributed by atoms with Gasteiger partial charge >= 0.3 is 0 Å². The normalized spacial score (nSPS) is 11.4. The molecule has 0 saturated heterocycles. The summed E-state index contributed by atoms with van der Waals surface area (Å²) in [6.07, 6.45) is 0. The summed E-state index contributed by atoms with van der Waals surface area (Å²) >= 11 is 0. The fourth-order valence-electron chi connectivity index (χ4n) is 6.80. The van der Waals surface area contributed by atoms with E-state index in [2.05, 4.69) is 174 Å². The van der Waals surface area contributed by atoms with E-state index in [0.717, 1.165) is 72.5 Å². The highest BCUT2D eigenvalue weighted by Gasteiger charge is 2.21. The van der Waals surface area contributed by atoms with Crippen LogP contribution in [0.2, 0.25) is 0 Å². The van der Waals surface area contributed by atoms with Crippen LogP contribution in [-0.4, -0.2) is 14.5 Å². The molecule has 0 bridgehead atoms. The van der Waals surface area contributed by atoms with Crippen molar-refractivity contribution in [3.8, 4) is 50.6 Å². The van der Waals surface area contributed by atoms with Gasteiger partial charge in [-0.2, -0.15) is 0 Å². The molecule has 0 aliphatic heterocycles. The third-order valence-corrected chi connectivity index (χ3v) is 8.95. The molecule has 0 aliphatic rings. The van der Waals surface area contributed by atoms with Gasteiger partial charge in [0.15, 0.2) is 0 Å². The zero-order chi connectivity index (χ0) is 31.2. The van der Waals surface area contributed by atoms with Crippen LogP contribution in [-0.2, 0) is 0 Å². The van der Waals surface area contributed by atoms with Crippen LogP contribution in [0.5, 0.6) is 0 Å². The van der Waals surface area contributed by atoms with Crippen molar-refractivity contribution in [1.29, 1.82) is 0 Å². The molecule has 0 atom stereocenters. The van der Waals surface area contributed by atoms with Crippen LogP contribution in [0.25, 0.3) is 83.3 Å². The summed E-state index contributed by atoms with van der Waals surface area (Å²) in [7, 11) is 0. The molecular formula is C44H29N3. The lowest BCUT2D eigenvalue weighted by molar-refractivity contribution is 1.17. The molecule has 3 heteroatoms. The predicted octanol–water partition coefficient (Wildman–Crippen LogP) is 11.4.